The van der Waals surface area contributed by atoms with Gasteiger partial charge in [0.1, 0.15) is 11.2 Å². The van der Waals surface area contributed by atoms with Crippen molar-refractivity contribution in [2.75, 3.05) is 9.80 Å². The zero-order chi connectivity index (χ0) is 52.1. The highest BCUT2D eigenvalue weighted by atomic mass is 16.3. The van der Waals surface area contributed by atoms with Crippen molar-refractivity contribution in [3.8, 4) is 22.3 Å². The van der Waals surface area contributed by atoms with Crippen LogP contribution in [-0.2, 0) is 5.41 Å². The molecule has 2 aromatic heterocycles. The van der Waals surface area contributed by atoms with Crippen LogP contribution in [0.5, 0.6) is 0 Å². The number of rotatable bonds is 6. The average Bonchev–Trinajstić information content (AvgIpc) is 2.19. The number of hydrogen-bond donors (Lipinski definition) is 0. The molecule has 79 heavy (non-hydrogen) atoms. The van der Waals surface area contributed by atoms with Gasteiger partial charge in [0.2, 0.25) is 0 Å². The minimum atomic E-state index is -0.722. The Hall–Kier alpha value is -10.2. The predicted molar refractivity (Wildman–Crippen MR) is 329 cm³/mol. The van der Waals surface area contributed by atoms with E-state index in [2.05, 4.69) is 272 Å². The van der Waals surface area contributed by atoms with Gasteiger partial charge in [-0.2, -0.15) is 0 Å². The van der Waals surface area contributed by atoms with Crippen LogP contribution < -0.4 is 9.80 Å². The minimum Gasteiger partial charge on any atom is -0.454 e. The summed E-state index contributed by atoms with van der Waals surface area (Å²) in [7, 11) is 0. The number of furan rings is 2. The fraction of sp³-hybridized carbons (Fsp3) is 0.0400. The summed E-state index contributed by atoms with van der Waals surface area (Å²) in [5.41, 5.74) is 21.6. The summed E-state index contributed by atoms with van der Waals surface area (Å²) in [6.07, 6.45) is 0. The van der Waals surface area contributed by atoms with Crippen LogP contribution in [0.4, 0.5) is 34.1 Å². The molecular formula is C75H48N2O2. The summed E-state index contributed by atoms with van der Waals surface area (Å²) in [6.45, 7) is 4.35. The topological polar surface area (TPSA) is 32.8 Å². The Balaban J connectivity index is 1.01. The molecule has 0 saturated carbocycles. The fourth-order valence-electron chi connectivity index (χ4n) is 14.2. The van der Waals surface area contributed by atoms with Crippen LogP contribution in [0.1, 0.15) is 33.4 Å². The van der Waals surface area contributed by atoms with E-state index in [9.17, 15) is 0 Å². The van der Waals surface area contributed by atoms with Gasteiger partial charge in [-0.15, -0.1) is 0 Å². The molecule has 17 rings (SSSR count). The van der Waals surface area contributed by atoms with E-state index >= 15 is 0 Å². The van der Waals surface area contributed by atoms with E-state index in [1.165, 1.54) is 82.6 Å². The molecule has 2 heterocycles. The molecule has 0 amide bonds. The van der Waals surface area contributed by atoms with Gasteiger partial charge < -0.3 is 18.6 Å². The van der Waals surface area contributed by atoms with Gasteiger partial charge in [-0.1, -0.05) is 188 Å². The number of anilines is 6. The lowest BCUT2D eigenvalue weighted by Gasteiger charge is -2.34. The molecule has 0 fully saturated rings. The first-order valence-electron chi connectivity index (χ1n) is 27.3. The third-order valence-electron chi connectivity index (χ3n) is 17.3. The van der Waals surface area contributed by atoms with Gasteiger partial charge in [-0.05, 0) is 163 Å². The van der Waals surface area contributed by atoms with Gasteiger partial charge in [0.25, 0.3) is 0 Å². The van der Waals surface area contributed by atoms with Crippen molar-refractivity contribution in [2.24, 2.45) is 0 Å². The van der Waals surface area contributed by atoms with E-state index < -0.39 is 5.41 Å². The molecule has 0 atom stereocenters. The standard InChI is InChI=1S/C75H48N2O2/c1-45-19-15-21-47(41-45)76(65-35-17-31-59-54-27-9-13-37-68(54)78-73(59)65)49-39-40-58-61(43-49)50-23-3-5-29-56(50)71-70-57-30-6-4-26-53(57)67(44-64(70)75(72(58)71)62-33-11-7-24-51(62)52-25-8-12-34-63(52)75)77(48-22-16-20-46(2)42-48)66-36-18-32-60-55-28-10-14-38-69(55)79-74(60)66/h3-44H,1-2H3. The maximum Gasteiger partial charge on any atom is 0.159 e. The Kier molecular flexibility index (Phi) is 9.15. The molecule has 13 aromatic carbocycles. The van der Waals surface area contributed by atoms with Crippen LogP contribution in [-0.4, -0.2) is 0 Å². The Bertz CT molecular complexity index is 5050. The van der Waals surface area contributed by atoms with Crippen molar-refractivity contribution < 1.29 is 8.83 Å². The Labute approximate surface area is 456 Å². The SMILES string of the molecule is Cc1cccc(N(c2ccc3c4c(c5ccccc5c3c2)-c2c(cc(N(c3cccc(C)c3)c3cccc5c3oc3ccccc35)c3ccccc23)C42c3ccccc3-c3ccccc32)c2cccc3c2oc2ccccc23)c1. The Morgan fingerprint density at radius 3 is 1.37 bits per heavy atom. The van der Waals surface area contributed by atoms with Crippen LogP contribution in [0.3, 0.4) is 0 Å². The number of para-hydroxylation sites is 4. The van der Waals surface area contributed by atoms with E-state index in [-0.39, 0.29) is 0 Å². The molecule has 4 heteroatoms. The van der Waals surface area contributed by atoms with Crippen molar-refractivity contribution in [1.82, 2.24) is 0 Å². The molecule has 0 aliphatic heterocycles. The van der Waals surface area contributed by atoms with E-state index in [0.717, 1.165) is 83.4 Å². The average molecular weight is 1010 g/mol. The summed E-state index contributed by atoms with van der Waals surface area (Å²) in [4.78, 5) is 4.86. The molecule has 0 unspecified atom stereocenters. The van der Waals surface area contributed by atoms with Gasteiger partial charge in [0.05, 0.1) is 22.5 Å². The predicted octanol–water partition coefficient (Wildman–Crippen LogP) is 20.8. The molecule has 1 spiro atoms. The molecule has 15 aromatic rings. The van der Waals surface area contributed by atoms with Gasteiger partial charge in [0, 0.05) is 44.0 Å². The largest absolute Gasteiger partial charge is 0.454 e. The highest BCUT2D eigenvalue weighted by molar-refractivity contribution is 6.25. The number of nitrogens with zero attached hydrogens (tertiary/aromatic N) is 2. The molecule has 2 aliphatic carbocycles. The van der Waals surface area contributed by atoms with Crippen molar-refractivity contribution in [3.05, 3.63) is 288 Å². The number of aryl methyl sites for hydroxylation is 2. The Morgan fingerprint density at radius 2 is 0.759 bits per heavy atom. The summed E-state index contributed by atoms with van der Waals surface area (Å²) >= 11 is 0. The summed E-state index contributed by atoms with van der Waals surface area (Å²) < 4.78 is 13.8. The lowest BCUT2D eigenvalue weighted by Crippen LogP contribution is -2.26. The lowest BCUT2D eigenvalue weighted by molar-refractivity contribution is 0.668. The van der Waals surface area contributed by atoms with Crippen LogP contribution >= 0.6 is 0 Å². The van der Waals surface area contributed by atoms with Crippen LogP contribution in [0.25, 0.3) is 98.4 Å². The molecular weight excluding hydrogens is 961 g/mol. The highest BCUT2D eigenvalue weighted by Gasteiger charge is 2.54. The third-order valence-corrected chi connectivity index (χ3v) is 17.3. The molecule has 0 saturated heterocycles. The van der Waals surface area contributed by atoms with Gasteiger partial charge in [-0.25, -0.2) is 0 Å². The van der Waals surface area contributed by atoms with E-state index in [1.54, 1.807) is 0 Å². The Morgan fingerprint density at radius 1 is 0.291 bits per heavy atom. The quantitative estimate of drug-likeness (QED) is 0.155. The molecule has 0 radical (unpaired) electrons. The second kappa shape index (κ2) is 16.4. The summed E-state index contributed by atoms with van der Waals surface area (Å²) in [6, 6.07) is 94.1. The monoisotopic (exact) mass is 1010 g/mol. The van der Waals surface area contributed by atoms with Crippen molar-refractivity contribution in [1.29, 1.82) is 0 Å². The number of hydrogen-bond acceptors (Lipinski definition) is 4. The molecule has 370 valence electrons. The summed E-state index contributed by atoms with van der Waals surface area (Å²) in [5, 5.41) is 11.6. The van der Waals surface area contributed by atoms with Gasteiger partial charge in [-0.3, -0.25) is 0 Å². The first-order chi connectivity index (χ1) is 39.0. The summed E-state index contributed by atoms with van der Waals surface area (Å²) in [5.74, 6) is 0. The van der Waals surface area contributed by atoms with E-state index in [1.807, 2.05) is 6.07 Å². The minimum absolute atomic E-state index is 0.722. The molecule has 4 nitrogen and oxygen atoms in total. The lowest BCUT2D eigenvalue weighted by atomic mass is 9.69. The highest BCUT2D eigenvalue weighted by Crippen LogP contribution is 2.67. The van der Waals surface area contributed by atoms with Crippen molar-refractivity contribution >= 4 is 110 Å². The number of benzene rings is 13. The maximum atomic E-state index is 6.95. The fourth-order valence-corrected chi connectivity index (χ4v) is 14.2. The molecule has 2 aliphatic rings. The molecule has 0 bridgehead atoms. The van der Waals surface area contributed by atoms with Gasteiger partial charge in [0.15, 0.2) is 11.2 Å². The maximum absolute atomic E-state index is 6.95. The van der Waals surface area contributed by atoms with Crippen molar-refractivity contribution in [3.63, 3.8) is 0 Å². The smallest absolute Gasteiger partial charge is 0.159 e. The first-order valence-corrected chi connectivity index (χ1v) is 27.3. The second-order valence-electron chi connectivity index (χ2n) is 21.6. The third kappa shape index (κ3) is 6.03. The van der Waals surface area contributed by atoms with E-state index in [4.69, 9.17) is 8.83 Å². The van der Waals surface area contributed by atoms with Crippen LogP contribution in [0, 0.1) is 13.8 Å². The van der Waals surface area contributed by atoms with Crippen LogP contribution in [0.2, 0.25) is 0 Å². The normalized spacial score (nSPS) is 13.0. The van der Waals surface area contributed by atoms with Crippen molar-refractivity contribution in [2.45, 2.75) is 19.3 Å². The molecule has 0 N–H and O–H groups in total. The zero-order valence-electron chi connectivity index (χ0n) is 43.5. The zero-order valence-corrected chi connectivity index (χ0v) is 43.5. The first kappa shape index (κ1) is 44.0. The van der Waals surface area contributed by atoms with Crippen LogP contribution in [0.15, 0.2) is 264 Å². The van der Waals surface area contributed by atoms with Gasteiger partial charge >= 0.3 is 0 Å². The second-order valence-corrected chi connectivity index (χ2v) is 21.6. The van der Waals surface area contributed by atoms with E-state index in [0.29, 0.717) is 0 Å². The number of fused-ring (bicyclic) bond motifs is 23.